The third kappa shape index (κ3) is 3.42. The van der Waals surface area contributed by atoms with Crippen LogP contribution in [0.1, 0.15) is 32.4 Å². The lowest BCUT2D eigenvalue weighted by molar-refractivity contribution is 0.440. The second-order valence-corrected chi connectivity index (χ2v) is 5.53. The molecule has 1 aliphatic rings. The molecule has 0 aliphatic carbocycles. The van der Waals surface area contributed by atoms with Gasteiger partial charge in [-0.25, -0.2) is 0 Å². The maximum atomic E-state index is 4.36. The summed E-state index contributed by atoms with van der Waals surface area (Å²) in [6.45, 7) is 6.56. The lowest BCUT2D eigenvalue weighted by Gasteiger charge is -2.32. The van der Waals surface area contributed by atoms with Crippen molar-refractivity contribution >= 4 is 5.82 Å². The maximum absolute atomic E-state index is 4.36. The number of anilines is 1. The first-order valence-electron chi connectivity index (χ1n) is 6.94. The number of piperidine rings is 1. The fourth-order valence-electron chi connectivity index (χ4n) is 2.45. The fraction of sp³-hybridized carbons (Fsp3) is 0.714. The zero-order chi connectivity index (χ0) is 13.0. The molecule has 0 amide bonds. The Morgan fingerprint density at radius 1 is 1.28 bits per heavy atom. The van der Waals surface area contributed by atoms with E-state index in [1.807, 2.05) is 7.05 Å². The first-order valence-corrected chi connectivity index (χ1v) is 6.94. The summed E-state index contributed by atoms with van der Waals surface area (Å²) < 4.78 is 0. The van der Waals surface area contributed by atoms with Gasteiger partial charge in [0.05, 0.1) is 5.69 Å². The van der Waals surface area contributed by atoms with Crippen LogP contribution in [0.2, 0.25) is 0 Å². The molecule has 1 aliphatic heterocycles. The van der Waals surface area contributed by atoms with Crippen molar-refractivity contribution in [2.45, 2.75) is 39.2 Å². The van der Waals surface area contributed by atoms with E-state index in [9.17, 15) is 0 Å². The molecule has 1 aromatic heterocycles. The van der Waals surface area contributed by atoms with Gasteiger partial charge in [0.25, 0.3) is 0 Å². The van der Waals surface area contributed by atoms with Gasteiger partial charge in [0.15, 0.2) is 5.82 Å². The summed E-state index contributed by atoms with van der Waals surface area (Å²) in [5, 5.41) is 12.0. The Labute approximate surface area is 110 Å². The Kier molecular flexibility index (Phi) is 4.53. The zero-order valence-electron chi connectivity index (χ0n) is 11.7. The van der Waals surface area contributed by atoms with Crippen LogP contribution in [-0.2, 0) is 6.42 Å². The second-order valence-electron chi connectivity index (χ2n) is 5.53. The predicted molar refractivity (Wildman–Crippen MR) is 74.9 cm³/mol. The first-order chi connectivity index (χ1) is 8.69. The first kappa shape index (κ1) is 13.3. The molecule has 1 fully saturated rings. The van der Waals surface area contributed by atoms with E-state index in [1.165, 1.54) is 12.8 Å². The quantitative estimate of drug-likeness (QED) is 0.883. The van der Waals surface area contributed by atoms with Crippen molar-refractivity contribution in [1.82, 2.24) is 15.5 Å². The normalized spacial score (nSPS) is 17.4. The molecule has 4 heteroatoms. The van der Waals surface area contributed by atoms with Crippen LogP contribution >= 0.6 is 0 Å². The van der Waals surface area contributed by atoms with Crippen molar-refractivity contribution in [3.8, 4) is 0 Å². The highest BCUT2D eigenvalue weighted by Gasteiger charge is 2.18. The molecule has 18 heavy (non-hydrogen) atoms. The lowest BCUT2D eigenvalue weighted by Crippen LogP contribution is -2.41. The number of rotatable bonds is 4. The molecule has 0 bridgehead atoms. The van der Waals surface area contributed by atoms with E-state index in [2.05, 4.69) is 46.4 Å². The van der Waals surface area contributed by atoms with Gasteiger partial charge in [-0.15, -0.1) is 5.10 Å². The molecule has 100 valence electrons. The van der Waals surface area contributed by atoms with E-state index < -0.39 is 0 Å². The van der Waals surface area contributed by atoms with Crippen molar-refractivity contribution in [3.63, 3.8) is 0 Å². The highest BCUT2D eigenvalue weighted by Crippen LogP contribution is 2.17. The lowest BCUT2D eigenvalue weighted by atomic mass is 10.1. The van der Waals surface area contributed by atoms with Gasteiger partial charge in [0.1, 0.15) is 0 Å². The van der Waals surface area contributed by atoms with E-state index in [4.69, 9.17) is 0 Å². The summed E-state index contributed by atoms with van der Waals surface area (Å²) in [5.74, 6) is 1.66. The summed E-state index contributed by atoms with van der Waals surface area (Å²) in [5.41, 5.74) is 1.10. The van der Waals surface area contributed by atoms with Crippen LogP contribution < -0.4 is 10.2 Å². The van der Waals surface area contributed by atoms with Crippen LogP contribution in [0.4, 0.5) is 5.82 Å². The van der Waals surface area contributed by atoms with Crippen LogP contribution in [0.15, 0.2) is 12.1 Å². The minimum atomic E-state index is 0.636. The zero-order valence-corrected chi connectivity index (χ0v) is 11.7. The Bertz CT molecular complexity index is 353. The van der Waals surface area contributed by atoms with E-state index in [-0.39, 0.29) is 0 Å². The Hall–Kier alpha value is -1.16. The molecule has 2 heterocycles. The van der Waals surface area contributed by atoms with Gasteiger partial charge in [0, 0.05) is 19.1 Å². The summed E-state index contributed by atoms with van der Waals surface area (Å²) in [4.78, 5) is 2.33. The van der Waals surface area contributed by atoms with Gasteiger partial charge in [-0.1, -0.05) is 13.8 Å². The molecule has 0 spiro atoms. The van der Waals surface area contributed by atoms with Crippen molar-refractivity contribution in [3.05, 3.63) is 17.8 Å². The third-order valence-electron chi connectivity index (χ3n) is 3.55. The van der Waals surface area contributed by atoms with E-state index in [0.717, 1.165) is 31.0 Å². The fourth-order valence-corrected chi connectivity index (χ4v) is 2.45. The summed E-state index contributed by atoms with van der Waals surface area (Å²) in [7, 11) is 2.04. The Morgan fingerprint density at radius 3 is 2.50 bits per heavy atom. The van der Waals surface area contributed by atoms with Gasteiger partial charge < -0.3 is 10.2 Å². The molecular weight excluding hydrogens is 224 g/mol. The van der Waals surface area contributed by atoms with Crippen molar-refractivity contribution in [1.29, 1.82) is 0 Å². The van der Waals surface area contributed by atoms with Gasteiger partial charge >= 0.3 is 0 Å². The number of hydrogen-bond donors (Lipinski definition) is 1. The second kappa shape index (κ2) is 6.14. The minimum absolute atomic E-state index is 0.636. The summed E-state index contributed by atoms with van der Waals surface area (Å²) in [6.07, 6.45) is 3.38. The molecule has 0 aromatic carbocycles. The number of nitrogens with one attached hydrogen (secondary N) is 1. The third-order valence-corrected chi connectivity index (χ3v) is 3.55. The molecule has 1 saturated heterocycles. The number of nitrogens with zero attached hydrogens (tertiary/aromatic N) is 3. The van der Waals surface area contributed by atoms with Gasteiger partial charge in [-0.05, 0) is 44.4 Å². The molecule has 1 aromatic rings. The molecule has 0 atom stereocenters. The maximum Gasteiger partial charge on any atom is 0.151 e. The highest BCUT2D eigenvalue weighted by atomic mass is 15.3. The molecule has 4 nitrogen and oxygen atoms in total. The molecule has 1 N–H and O–H groups in total. The molecule has 0 unspecified atom stereocenters. The Balaban J connectivity index is 1.93. The van der Waals surface area contributed by atoms with Gasteiger partial charge in [-0.2, -0.15) is 5.10 Å². The molecular formula is C14H24N4. The molecule has 0 saturated carbocycles. The largest absolute Gasteiger partial charge is 0.355 e. The SMILES string of the molecule is CNC1CCN(c2ccc(CC(C)C)nn2)CC1. The van der Waals surface area contributed by atoms with Gasteiger partial charge in [-0.3, -0.25) is 0 Å². The van der Waals surface area contributed by atoms with E-state index in [0.29, 0.717) is 12.0 Å². The van der Waals surface area contributed by atoms with Crippen LogP contribution in [0.5, 0.6) is 0 Å². The minimum Gasteiger partial charge on any atom is -0.355 e. The van der Waals surface area contributed by atoms with Crippen molar-refractivity contribution < 1.29 is 0 Å². The smallest absolute Gasteiger partial charge is 0.151 e. The number of aromatic nitrogens is 2. The monoisotopic (exact) mass is 248 g/mol. The summed E-state index contributed by atoms with van der Waals surface area (Å²) in [6, 6.07) is 4.89. The summed E-state index contributed by atoms with van der Waals surface area (Å²) >= 11 is 0. The number of hydrogen-bond acceptors (Lipinski definition) is 4. The highest BCUT2D eigenvalue weighted by molar-refractivity contribution is 5.37. The average molecular weight is 248 g/mol. The van der Waals surface area contributed by atoms with Crippen LogP contribution in [-0.4, -0.2) is 36.4 Å². The molecule has 0 radical (unpaired) electrons. The van der Waals surface area contributed by atoms with E-state index >= 15 is 0 Å². The van der Waals surface area contributed by atoms with Crippen molar-refractivity contribution in [2.24, 2.45) is 5.92 Å². The van der Waals surface area contributed by atoms with Crippen LogP contribution in [0, 0.1) is 5.92 Å². The van der Waals surface area contributed by atoms with Crippen molar-refractivity contribution in [2.75, 3.05) is 25.0 Å². The van der Waals surface area contributed by atoms with Gasteiger partial charge in [0.2, 0.25) is 0 Å². The Morgan fingerprint density at radius 2 is 2.00 bits per heavy atom. The standard InChI is InChI=1S/C14H24N4/c1-11(2)10-13-4-5-14(17-16-13)18-8-6-12(15-3)7-9-18/h4-5,11-12,15H,6-10H2,1-3H3. The average Bonchev–Trinajstić information content (AvgIpc) is 2.39. The van der Waals surface area contributed by atoms with E-state index in [1.54, 1.807) is 0 Å². The predicted octanol–water partition coefficient (Wildman–Crippen LogP) is 1.86. The molecule has 2 rings (SSSR count). The van der Waals surface area contributed by atoms with Crippen LogP contribution in [0.3, 0.4) is 0 Å². The van der Waals surface area contributed by atoms with Crippen LogP contribution in [0.25, 0.3) is 0 Å². The topological polar surface area (TPSA) is 41.0 Å².